The van der Waals surface area contributed by atoms with Crippen LogP contribution in [0.25, 0.3) is 11.1 Å². The van der Waals surface area contributed by atoms with Crippen LogP contribution in [-0.4, -0.2) is 30.4 Å². The van der Waals surface area contributed by atoms with E-state index in [1.165, 1.54) is 37.7 Å². The molecule has 0 fully saturated rings. The van der Waals surface area contributed by atoms with Gasteiger partial charge in [-0.3, -0.25) is 4.79 Å². The lowest BCUT2D eigenvalue weighted by atomic mass is 9.97. The third kappa shape index (κ3) is 2.73. The van der Waals surface area contributed by atoms with Gasteiger partial charge in [0.1, 0.15) is 17.6 Å². The zero-order chi connectivity index (χ0) is 22.0. The van der Waals surface area contributed by atoms with E-state index in [9.17, 15) is 4.79 Å². The lowest BCUT2D eigenvalue weighted by molar-refractivity contribution is 0.104. The van der Waals surface area contributed by atoms with Gasteiger partial charge in [-0.25, -0.2) is 0 Å². The second-order valence-corrected chi connectivity index (χ2v) is 14.4. The van der Waals surface area contributed by atoms with Crippen LogP contribution >= 0.6 is 0 Å². The summed E-state index contributed by atoms with van der Waals surface area (Å²) < 4.78 is 0. The summed E-state index contributed by atoms with van der Waals surface area (Å²) in [5.41, 5.74) is 6.74. The highest BCUT2D eigenvalue weighted by molar-refractivity contribution is 6.87. The molecule has 2 aliphatic heterocycles. The maximum Gasteiger partial charge on any atom is 0.192 e. The number of benzene rings is 4. The molecule has 6 rings (SSSR count). The van der Waals surface area contributed by atoms with Crippen LogP contribution in [-0.2, 0) is 0 Å². The van der Waals surface area contributed by atoms with E-state index in [-0.39, 0.29) is 5.78 Å². The fourth-order valence-corrected chi connectivity index (χ4v) is 10.6. The van der Waals surface area contributed by atoms with Gasteiger partial charge in [0.25, 0.3) is 0 Å². The SMILES string of the molecule is CN1c2ccccc2[Si@H](C)c2ccc(-c3ccc4c(c3)C(=O)c3ccccc3[Si@H]4C)cc21. The van der Waals surface area contributed by atoms with Gasteiger partial charge in [0.05, 0.1) is 0 Å². The number of para-hydroxylation sites is 1. The summed E-state index contributed by atoms with van der Waals surface area (Å²) in [7, 11) is -0.382. The molecule has 0 spiro atoms. The van der Waals surface area contributed by atoms with Gasteiger partial charge in [-0.15, -0.1) is 0 Å². The largest absolute Gasteiger partial charge is 0.345 e. The van der Waals surface area contributed by atoms with Crippen molar-refractivity contribution in [3.05, 3.63) is 96.1 Å². The first-order chi connectivity index (χ1) is 15.5. The van der Waals surface area contributed by atoms with E-state index in [1.54, 1.807) is 0 Å². The highest BCUT2D eigenvalue weighted by Crippen LogP contribution is 2.31. The predicted octanol–water partition coefficient (Wildman–Crippen LogP) is 2.92. The lowest BCUT2D eigenvalue weighted by Gasteiger charge is -2.34. The first-order valence-electron chi connectivity index (χ1n) is 11.3. The van der Waals surface area contributed by atoms with E-state index in [0.717, 1.165) is 16.7 Å². The number of carbonyl (C=O) groups excluding carboxylic acids is 1. The standard InChI is InChI=1S/C28H25NOSi2/c1-29-22-9-5-7-11-26(22)32(3)27-15-13-19(17-23(27)29)18-12-14-25-21(16-18)28(30)20-8-4-6-10-24(20)31(25)2/h4-17,31-32H,1-3H3/t31-,32+/m1/s1. The summed E-state index contributed by atoms with van der Waals surface area (Å²) in [5.74, 6) is 0.174. The van der Waals surface area contributed by atoms with Gasteiger partial charge in [0.15, 0.2) is 5.78 Å². The average molecular weight is 448 g/mol. The average Bonchev–Trinajstić information content (AvgIpc) is 2.85. The minimum atomic E-state index is -1.34. The molecule has 2 atom stereocenters. The van der Waals surface area contributed by atoms with E-state index in [0.29, 0.717) is 0 Å². The first-order valence-corrected chi connectivity index (χ1v) is 15.9. The summed E-state index contributed by atoms with van der Waals surface area (Å²) in [5, 5.41) is 5.53. The molecule has 0 N–H and O–H groups in total. The smallest absolute Gasteiger partial charge is 0.192 e. The third-order valence-corrected chi connectivity index (χ3v) is 13.1. The Hall–Kier alpha value is -3.22. The van der Waals surface area contributed by atoms with Gasteiger partial charge in [0, 0.05) is 29.5 Å². The molecule has 0 aliphatic carbocycles. The van der Waals surface area contributed by atoms with Gasteiger partial charge in [0.2, 0.25) is 0 Å². The van der Waals surface area contributed by atoms with Gasteiger partial charge < -0.3 is 4.90 Å². The minimum absolute atomic E-state index is 0.174. The zero-order valence-corrected chi connectivity index (χ0v) is 20.9. The third-order valence-electron chi connectivity index (χ3n) is 7.39. The van der Waals surface area contributed by atoms with Crippen molar-refractivity contribution in [1.82, 2.24) is 0 Å². The molecular formula is C28H25NOSi2. The molecule has 4 heteroatoms. The van der Waals surface area contributed by atoms with Crippen molar-refractivity contribution in [2.24, 2.45) is 0 Å². The second kappa shape index (κ2) is 7.15. The van der Waals surface area contributed by atoms with Crippen molar-refractivity contribution >= 4 is 55.5 Å². The number of carbonyl (C=O) groups is 1. The Morgan fingerprint density at radius 1 is 0.594 bits per heavy atom. The summed E-state index contributed by atoms with van der Waals surface area (Å²) >= 11 is 0. The van der Waals surface area contributed by atoms with E-state index >= 15 is 0 Å². The number of nitrogens with zero attached hydrogens (tertiary/aromatic N) is 1. The zero-order valence-electron chi connectivity index (χ0n) is 18.6. The maximum atomic E-state index is 13.3. The van der Waals surface area contributed by atoms with Gasteiger partial charge in [-0.2, -0.15) is 0 Å². The second-order valence-electron chi connectivity index (χ2n) is 9.05. The molecule has 4 aromatic rings. The molecule has 0 amide bonds. The molecule has 0 bridgehead atoms. The van der Waals surface area contributed by atoms with Gasteiger partial charge in [-0.05, 0) is 50.1 Å². The van der Waals surface area contributed by atoms with Crippen molar-refractivity contribution in [1.29, 1.82) is 0 Å². The van der Waals surface area contributed by atoms with Crippen molar-refractivity contribution in [2.45, 2.75) is 13.1 Å². The molecule has 2 heterocycles. The molecule has 2 nitrogen and oxygen atoms in total. The number of hydrogen-bond acceptors (Lipinski definition) is 2. The summed E-state index contributed by atoms with van der Waals surface area (Å²) in [6.07, 6.45) is 0. The van der Waals surface area contributed by atoms with Crippen LogP contribution in [0.5, 0.6) is 0 Å². The number of ketones is 1. The van der Waals surface area contributed by atoms with Crippen LogP contribution in [0.3, 0.4) is 0 Å². The molecule has 0 aromatic heterocycles. The topological polar surface area (TPSA) is 20.3 Å². The lowest BCUT2D eigenvalue weighted by Crippen LogP contribution is -2.49. The highest BCUT2D eigenvalue weighted by Gasteiger charge is 2.30. The fraction of sp³-hybridized carbons (Fsp3) is 0.107. The monoisotopic (exact) mass is 447 g/mol. The fourth-order valence-electron chi connectivity index (χ4n) is 5.54. The number of rotatable bonds is 1. The number of anilines is 2. The van der Waals surface area contributed by atoms with Crippen LogP contribution in [0.2, 0.25) is 13.1 Å². The van der Waals surface area contributed by atoms with Crippen LogP contribution in [0.4, 0.5) is 11.4 Å². The van der Waals surface area contributed by atoms with E-state index < -0.39 is 17.6 Å². The predicted molar refractivity (Wildman–Crippen MR) is 141 cm³/mol. The van der Waals surface area contributed by atoms with Crippen molar-refractivity contribution in [3.8, 4) is 11.1 Å². The Morgan fingerprint density at radius 3 is 1.97 bits per heavy atom. The quantitative estimate of drug-likeness (QED) is 0.418. The normalized spacial score (nSPS) is 18.5. The molecule has 2 aliphatic rings. The Bertz CT molecular complexity index is 1410. The highest BCUT2D eigenvalue weighted by atomic mass is 28.3. The van der Waals surface area contributed by atoms with E-state index in [2.05, 4.69) is 97.8 Å². The number of hydrogen-bond donors (Lipinski definition) is 0. The molecule has 32 heavy (non-hydrogen) atoms. The molecule has 0 radical (unpaired) electrons. The summed E-state index contributed by atoms with van der Waals surface area (Å²) in [6.45, 7) is 4.76. The van der Waals surface area contributed by atoms with Crippen LogP contribution in [0.1, 0.15) is 15.9 Å². The Kier molecular flexibility index (Phi) is 4.35. The van der Waals surface area contributed by atoms with Crippen LogP contribution in [0, 0.1) is 0 Å². The molecule has 4 aromatic carbocycles. The molecule has 0 saturated carbocycles. The van der Waals surface area contributed by atoms with E-state index in [1.807, 2.05) is 12.1 Å². The Labute approximate surface area is 192 Å². The van der Waals surface area contributed by atoms with Crippen LogP contribution in [0.15, 0.2) is 84.9 Å². The summed E-state index contributed by atoms with van der Waals surface area (Å²) in [6, 6.07) is 30.4. The Morgan fingerprint density at radius 2 is 1.16 bits per heavy atom. The molecule has 156 valence electrons. The van der Waals surface area contributed by atoms with E-state index in [4.69, 9.17) is 0 Å². The summed E-state index contributed by atoms with van der Waals surface area (Å²) in [4.78, 5) is 15.7. The molecule has 0 unspecified atom stereocenters. The van der Waals surface area contributed by atoms with Crippen molar-refractivity contribution in [3.63, 3.8) is 0 Å². The maximum absolute atomic E-state index is 13.3. The van der Waals surface area contributed by atoms with Gasteiger partial charge >= 0.3 is 0 Å². The Balaban J connectivity index is 1.45. The van der Waals surface area contributed by atoms with Gasteiger partial charge in [-0.1, -0.05) is 79.8 Å². The van der Waals surface area contributed by atoms with Crippen molar-refractivity contribution < 1.29 is 4.79 Å². The number of fused-ring (bicyclic) bond motifs is 4. The minimum Gasteiger partial charge on any atom is -0.345 e. The molecular weight excluding hydrogens is 422 g/mol. The van der Waals surface area contributed by atoms with Crippen molar-refractivity contribution in [2.75, 3.05) is 11.9 Å². The van der Waals surface area contributed by atoms with Crippen LogP contribution < -0.4 is 25.6 Å². The molecule has 0 saturated heterocycles. The first kappa shape index (κ1) is 19.5.